The zero-order chi connectivity index (χ0) is 17.3. The Kier molecular flexibility index (Phi) is 4.92. The molecule has 1 aromatic heterocycles. The molecular formula is C18H28N4O2. The van der Waals surface area contributed by atoms with Gasteiger partial charge in [-0.05, 0) is 37.5 Å². The normalized spacial score (nSPS) is 20.5. The third-order valence-corrected chi connectivity index (χ3v) is 5.48. The summed E-state index contributed by atoms with van der Waals surface area (Å²) in [7, 11) is 1.79. The van der Waals surface area contributed by atoms with Crippen LogP contribution in [0.5, 0.6) is 0 Å². The van der Waals surface area contributed by atoms with Crippen molar-refractivity contribution in [2.45, 2.75) is 39.5 Å². The Morgan fingerprint density at radius 1 is 0.917 bits per heavy atom. The number of carbonyl (C=O) groups is 2. The van der Waals surface area contributed by atoms with Crippen molar-refractivity contribution in [2.75, 3.05) is 26.2 Å². The van der Waals surface area contributed by atoms with Gasteiger partial charge in [-0.15, -0.1) is 0 Å². The average molecular weight is 332 g/mol. The predicted octanol–water partition coefficient (Wildman–Crippen LogP) is 2.16. The van der Waals surface area contributed by atoms with E-state index in [1.54, 1.807) is 17.9 Å². The number of imidazole rings is 1. The Bertz CT molecular complexity index is 609. The smallest absolute Gasteiger partial charge is 0.274 e. The van der Waals surface area contributed by atoms with Crippen LogP contribution in [0.4, 0.5) is 0 Å². The highest BCUT2D eigenvalue weighted by Crippen LogP contribution is 2.22. The molecule has 0 radical (unpaired) electrons. The standard InChI is InChI=1S/C18H28N4O2/c1-13-4-8-21(9-5-13)17(23)15-16(20(3)12-19-15)18(24)22-10-6-14(2)7-11-22/h12-14H,4-11H2,1-3H3. The molecule has 0 unspecified atom stereocenters. The van der Waals surface area contributed by atoms with E-state index in [1.165, 1.54) is 0 Å². The summed E-state index contributed by atoms with van der Waals surface area (Å²) in [5.41, 5.74) is 0.754. The van der Waals surface area contributed by atoms with Crippen LogP contribution in [0.1, 0.15) is 60.5 Å². The van der Waals surface area contributed by atoms with Gasteiger partial charge in [-0.25, -0.2) is 4.98 Å². The van der Waals surface area contributed by atoms with Crippen molar-refractivity contribution in [1.29, 1.82) is 0 Å². The van der Waals surface area contributed by atoms with Gasteiger partial charge in [0.05, 0.1) is 6.33 Å². The van der Waals surface area contributed by atoms with E-state index < -0.39 is 0 Å². The van der Waals surface area contributed by atoms with Gasteiger partial charge in [-0.3, -0.25) is 9.59 Å². The van der Waals surface area contributed by atoms with Gasteiger partial charge in [0.1, 0.15) is 5.69 Å². The Morgan fingerprint density at radius 3 is 1.88 bits per heavy atom. The molecular weight excluding hydrogens is 304 g/mol. The van der Waals surface area contributed by atoms with Crippen LogP contribution < -0.4 is 0 Å². The quantitative estimate of drug-likeness (QED) is 0.834. The number of rotatable bonds is 2. The van der Waals surface area contributed by atoms with Gasteiger partial charge < -0.3 is 14.4 Å². The van der Waals surface area contributed by atoms with E-state index in [1.807, 2.05) is 9.80 Å². The molecule has 0 saturated carbocycles. The van der Waals surface area contributed by atoms with Gasteiger partial charge >= 0.3 is 0 Å². The van der Waals surface area contributed by atoms with Gasteiger partial charge in [-0.1, -0.05) is 13.8 Å². The molecule has 0 spiro atoms. The number of hydrogen-bond donors (Lipinski definition) is 0. The molecule has 0 bridgehead atoms. The van der Waals surface area contributed by atoms with Crippen LogP contribution in [-0.2, 0) is 7.05 Å². The van der Waals surface area contributed by atoms with Crippen molar-refractivity contribution in [3.63, 3.8) is 0 Å². The first-order valence-corrected chi connectivity index (χ1v) is 9.07. The lowest BCUT2D eigenvalue weighted by Crippen LogP contribution is -2.41. The van der Waals surface area contributed by atoms with Crippen molar-refractivity contribution in [3.05, 3.63) is 17.7 Å². The van der Waals surface area contributed by atoms with Crippen LogP contribution in [0, 0.1) is 11.8 Å². The molecule has 132 valence electrons. The molecule has 2 saturated heterocycles. The number of carbonyl (C=O) groups excluding carboxylic acids is 2. The molecule has 3 heterocycles. The first-order valence-electron chi connectivity index (χ1n) is 9.07. The minimum Gasteiger partial charge on any atom is -0.337 e. The molecule has 2 aliphatic heterocycles. The van der Waals surface area contributed by atoms with Gasteiger partial charge in [0.25, 0.3) is 11.8 Å². The minimum atomic E-state index is -0.101. The van der Waals surface area contributed by atoms with Crippen LogP contribution in [0.25, 0.3) is 0 Å². The molecule has 0 aliphatic carbocycles. The summed E-state index contributed by atoms with van der Waals surface area (Å²) < 4.78 is 1.69. The summed E-state index contributed by atoms with van der Waals surface area (Å²) in [5, 5.41) is 0. The summed E-state index contributed by atoms with van der Waals surface area (Å²) in [6.07, 6.45) is 5.67. The van der Waals surface area contributed by atoms with E-state index in [2.05, 4.69) is 18.8 Å². The van der Waals surface area contributed by atoms with Gasteiger partial charge in [0.2, 0.25) is 0 Å². The zero-order valence-electron chi connectivity index (χ0n) is 15.0. The van der Waals surface area contributed by atoms with Crippen LogP contribution >= 0.6 is 0 Å². The maximum atomic E-state index is 12.9. The molecule has 24 heavy (non-hydrogen) atoms. The van der Waals surface area contributed by atoms with Crippen LogP contribution in [0.2, 0.25) is 0 Å². The van der Waals surface area contributed by atoms with E-state index in [-0.39, 0.29) is 11.8 Å². The predicted molar refractivity (Wildman–Crippen MR) is 91.8 cm³/mol. The third kappa shape index (κ3) is 3.32. The lowest BCUT2D eigenvalue weighted by Gasteiger charge is -2.31. The molecule has 0 N–H and O–H groups in total. The summed E-state index contributed by atoms with van der Waals surface area (Å²) in [5.74, 6) is 1.16. The van der Waals surface area contributed by atoms with E-state index in [4.69, 9.17) is 0 Å². The van der Waals surface area contributed by atoms with Crippen molar-refractivity contribution < 1.29 is 9.59 Å². The largest absolute Gasteiger partial charge is 0.337 e. The number of hydrogen-bond acceptors (Lipinski definition) is 3. The highest BCUT2D eigenvalue weighted by atomic mass is 16.2. The molecule has 2 fully saturated rings. The molecule has 6 nitrogen and oxygen atoms in total. The van der Waals surface area contributed by atoms with Gasteiger partial charge in [0, 0.05) is 33.2 Å². The number of piperidine rings is 2. The Balaban J connectivity index is 1.78. The second kappa shape index (κ2) is 6.95. The zero-order valence-corrected chi connectivity index (χ0v) is 15.0. The minimum absolute atomic E-state index is 0.0596. The van der Waals surface area contributed by atoms with Crippen LogP contribution in [-0.4, -0.2) is 57.3 Å². The first kappa shape index (κ1) is 17.0. The van der Waals surface area contributed by atoms with Crippen molar-refractivity contribution in [2.24, 2.45) is 18.9 Å². The highest BCUT2D eigenvalue weighted by molar-refractivity contribution is 6.05. The van der Waals surface area contributed by atoms with Crippen molar-refractivity contribution in [1.82, 2.24) is 19.4 Å². The molecule has 3 rings (SSSR count). The lowest BCUT2D eigenvalue weighted by atomic mass is 9.98. The fourth-order valence-electron chi connectivity index (χ4n) is 3.56. The van der Waals surface area contributed by atoms with E-state index in [0.717, 1.165) is 51.9 Å². The first-order chi connectivity index (χ1) is 11.5. The van der Waals surface area contributed by atoms with E-state index in [9.17, 15) is 9.59 Å². The monoisotopic (exact) mass is 332 g/mol. The SMILES string of the molecule is CC1CCN(C(=O)c2ncn(C)c2C(=O)N2CCC(C)CC2)CC1. The average Bonchev–Trinajstić information content (AvgIpc) is 2.96. The Labute approximate surface area is 143 Å². The fourth-order valence-corrected chi connectivity index (χ4v) is 3.56. The van der Waals surface area contributed by atoms with Gasteiger partial charge in [-0.2, -0.15) is 0 Å². The van der Waals surface area contributed by atoms with E-state index >= 15 is 0 Å². The van der Waals surface area contributed by atoms with Crippen molar-refractivity contribution >= 4 is 11.8 Å². The molecule has 0 aromatic carbocycles. The second-order valence-electron chi connectivity index (χ2n) is 7.50. The Hall–Kier alpha value is -1.85. The molecule has 1 aromatic rings. The summed E-state index contributed by atoms with van der Waals surface area (Å²) in [6.45, 7) is 7.48. The topological polar surface area (TPSA) is 58.4 Å². The number of aryl methyl sites for hydroxylation is 1. The molecule has 2 amide bonds. The number of aromatic nitrogens is 2. The second-order valence-corrected chi connectivity index (χ2v) is 7.50. The molecule has 6 heteroatoms. The maximum absolute atomic E-state index is 12.9. The van der Waals surface area contributed by atoms with Crippen LogP contribution in [0.15, 0.2) is 6.33 Å². The fraction of sp³-hybridized carbons (Fsp3) is 0.722. The van der Waals surface area contributed by atoms with Crippen molar-refractivity contribution in [3.8, 4) is 0 Å². The number of amides is 2. The number of likely N-dealkylation sites (tertiary alicyclic amines) is 2. The molecule has 2 aliphatic rings. The summed E-state index contributed by atoms with van der Waals surface area (Å²) >= 11 is 0. The molecule has 0 atom stereocenters. The number of nitrogens with zero attached hydrogens (tertiary/aromatic N) is 4. The van der Waals surface area contributed by atoms with Crippen LogP contribution in [0.3, 0.4) is 0 Å². The third-order valence-electron chi connectivity index (χ3n) is 5.48. The summed E-state index contributed by atoms with van der Waals surface area (Å²) in [4.78, 5) is 33.8. The van der Waals surface area contributed by atoms with E-state index in [0.29, 0.717) is 23.2 Å². The highest BCUT2D eigenvalue weighted by Gasteiger charge is 2.31. The van der Waals surface area contributed by atoms with Gasteiger partial charge in [0.15, 0.2) is 5.69 Å². The Morgan fingerprint density at radius 2 is 1.38 bits per heavy atom. The summed E-state index contributed by atoms with van der Waals surface area (Å²) in [6, 6.07) is 0. The lowest BCUT2D eigenvalue weighted by molar-refractivity contribution is 0.0647. The maximum Gasteiger partial charge on any atom is 0.274 e.